The Bertz CT molecular complexity index is 1140. The van der Waals surface area contributed by atoms with Crippen LogP contribution in [0.15, 0.2) is 42.5 Å². The predicted octanol–water partition coefficient (Wildman–Crippen LogP) is 6.42. The van der Waals surface area contributed by atoms with Gasteiger partial charge in [0, 0.05) is 21.5 Å². The molecule has 1 aliphatic rings. The van der Waals surface area contributed by atoms with Gasteiger partial charge in [-0.3, -0.25) is 0 Å². The molecule has 1 N–H and O–H groups in total. The third-order valence-corrected chi connectivity index (χ3v) is 7.15. The quantitative estimate of drug-likeness (QED) is 0.177. The summed E-state index contributed by atoms with van der Waals surface area (Å²) >= 11 is 0. The van der Waals surface area contributed by atoms with Crippen molar-refractivity contribution in [3.63, 3.8) is 0 Å². The number of benzene rings is 3. The zero-order chi connectivity index (χ0) is 26.2. The number of aryl methyl sites for hydroxylation is 1. The zero-order valence-corrected chi connectivity index (χ0v) is 22.7. The lowest BCUT2D eigenvalue weighted by molar-refractivity contribution is -0.0886. The molecule has 0 amide bonds. The van der Waals surface area contributed by atoms with Crippen molar-refractivity contribution < 1.29 is 28.8 Å². The largest absolute Gasteiger partial charge is 0.507 e. The third kappa shape index (κ3) is 7.14. The van der Waals surface area contributed by atoms with Crippen molar-refractivity contribution in [2.24, 2.45) is 0 Å². The molecular weight excluding hydrogens is 468 g/mol. The van der Waals surface area contributed by atoms with Gasteiger partial charge in [-0.1, -0.05) is 64.1 Å². The standard InChI is InChI=1S/C31H42O6/c1-5-21-13-14-28-29(15-21)30(32)26-11-9-10-12-27(26)31(28)37-18-24(8-4)34-16-22(6-2)33-17-23(7-3)35-19-25-20-36-25/h9-15,22-25,32H,5-8,16-20H2,1-4H3. The fourth-order valence-electron chi connectivity index (χ4n) is 4.46. The van der Waals surface area contributed by atoms with Crippen LogP contribution in [0.1, 0.15) is 52.5 Å². The van der Waals surface area contributed by atoms with Crippen LogP contribution in [0.5, 0.6) is 11.5 Å². The first kappa shape index (κ1) is 27.6. The molecule has 37 heavy (non-hydrogen) atoms. The summed E-state index contributed by atoms with van der Waals surface area (Å²) < 4.78 is 30.0. The summed E-state index contributed by atoms with van der Waals surface area (Å²) in [5.74, 6) is 1.09. The minimum absolute atomic E-state index is 0.00618. The van der Waals surface area contributed by atoms with Crippen LogP contribution in [0.4, 0.5) is 0 Å². The Kier molecular flexibility index (Phi) is 10.0. The highest BCUT2D eigenvalue weighted by Crippen LogP contribution is 2.42. The van der Waals surface area contributed by atoms with E-state index in [1.165, 1.54) is 5.56 Å². The number of ether oxygens (including phenoxy) is 5. The summed E-state index contributed by atoms with van der Waals surface area (Å²) in [6.07, 6.45) is 3.79. The average molecular weight is 511 g/mol. The summed E-state index contributed by atoms with van der Waals surface area (Å²) in [5.41, 5.74) is 1.18. The van der Waals surface area contributed by atoms with E-state index in [9.17, 15) is 5.11 Å². The second-order valence-electron chi connectivity index (χ2n) is 9.81. The van der Waals surface area contributed by atoms with Crippen LogP contribution in [0.25, 0.3) is 21.5 Å². The molecule has 1 heterocycles. The van der Waals surface area contributed by atoms with Crippen LogP contribution in [0, 0.1) is 0 Å². The fourth-order valence-corrected chi connectivity index (χ4v) is 4.46. The number of hydrogen-bond acceptors (Lipinski definition) is 6. The summed E-state index contributed by atoms with van der Waals surface area (Å²) in [4.78, 5) is 0. The molecule has 1 fully saturated rings. The van der Waals surface area contributed by atoms with Gasteiger partial charge in [0.25, 0.3) is 0 Å². The van der Waals surface area contributed by atoms with Crippen molar-refractivity contribution in [2.75, 3.05) is 33.0 Å². The van der Waals surface area contributed by atoms with Gasteiger partial charge in [0.1, 0.15) is 24.2 Å². The van der Waals surface area contributed by atoms with Crippen LogP contribution >= 0.6 is 0 Å². The Morgan fingerprint density at radius 2 is 1.38 bits per heavy atom. The van der Waals surface area contributed by atoms with Crippen molar-refractivity contribution in [3.8, 4) is 11.5 Å². The van der Waals surface area contributed by atoms with Gasteiger partial charge in [-0.15, -0.1) is 0 Å². The van der Waals surface area contributed by atoms with Gasteiger partial charge in [0.2, 0.25) is 0 Å². The van der Waals surface area contributed by atoms with Crippen molar-refractivity contribution in [1.29, 1.82) is 0 Å². The molecule has 6 nitrogen and oxygen atoms in total. The van der Waals surface area contributed by atoms with Gasteiger partial charge >= 0.3 is 0 Å². The fraction of sp³-hybridized carbons (Fsp3) is 0.548. The minimum Gasteiger partial charge on any atom is -0.507 e. The first-order valence-electron chi connectivity index (χ1n) is 13.8. The molecule has 0 saturated carbocycles. The Morgan fingerprint density at radius 1 is 0.784 bits per heavy atom. The molecule has 202 valence electrons. The normalized spacial score (nSPS) is 17.7. The third-order valence-electron chi connectivity index (χ3n) is 7.15. The van der Waals surface area contributed by atoms with E-state index in [1.54, 1.807) is 0 Å². The predicted molar refractivity (Wildman–Crippen MR) is 148 cm³/mol. The van der Waals surface area contributed by atoms with Crippen LogP contribution in [0.3, 0.4) is 0 Å². The van der Waals surface area contributed by atoms with E-state index in [4.69, 9.17) is 23.7 Å². The highest BCUT2D eigenvalue weighted by Gasteiger charge is 2.24. The number of phenols is 1. The Hall–Kier alpha value is -2.38. The van der Waals surface area contributed by atoms with Gasteiger partial charge in [-0.05, 0) is 37.3 Å². The summed E-state index contributed by atoms with van der Waals surface area (Å²) in [6, 6.07) is 14.1. The number of hydrogen-bond donors (Lipinski definition) is 1. The highest BCUT2D eigenvalue weighted by atomic mass is 16.6. The van der Waals surface area contributed by atoms with Gasteiger partial charge in [-0.2, -0.15) is 0 Å². The van der Waals surface area contributed by atoms with E-state index < -0.39 is 0 Å². The molecule has 1 saturated heterocycles. The van der Waals surface area contributed by atoms with Gasteiger partial charge in [-0.25, -0.2) is 0 Å². The number of fused-ring (bicyclic) bond motifs is 2. The maximum atomic E-state index is 11.0. The van der Waals surface area contributed by atoms with E-state index in [0.29, 0.717) is 32.2 Å². The first-order valence-corrected chi connectivity index (χ1v) is 13.8. The number of phenolic OH excluding ortho intramolecular Hbond substituents is 1. The van der Waals surface area contributed by atoms with E-state index in [-0.39, 0.29) is 24.4 Å². The molecule has 4 rings (SSSR count). The molecule has 6 heteroatoms. The summed E-state index contributed by atoms with van der Waals surface area (Å²) in [7, 11) is 0. The van der Waals surface area contributed by atoms with E-state index in [0.717, 1.165) is 59.6 Å². The van der Waals surface area contributed by atoms with Crippen molar-refractivity contribution >= 4 is 21.5 Å². The smallest absolute Gasteiger partial charge is 0.135 e. The average Bonchev–Trinajstić information content (AvgIpc) is 3.77. The number of aromatic hydroxyl groups is 1. The van der Waals surface area contributed by atoms with Crippen LogP contribution in [0.2, 0.25) is 0 Å². The second-order valence-corrected chi connectivity index (χ2v) is 9.81. The first-order chi connectivity index (χ1) is 18.1. The Labute approximate surface area is 220 Å². The molecule has 0 aliphatic carbocycles. The molecule has 0 aromatic heterocycles. The van der Waals surface area contributed by atoms with Gasteiger partial charge in [0.15, 0.2) is 0 Å². The SMILES string of the molecule is CCc1ccc2c(OCC(CC)OCC(CC)OCC(CC)OCC3CO3)c3ccccc3c(O)c2c1. The van der Waals surface area contributed by atoms with Gasteiger partial charge in [0.05, 0.1) is 44.7 Å². The molecule has 0 radical (unpaired) electrons. The maximum absolute atomic E-state index is 11.0. The molecule has 0 spiro atoms. The van der Waals surface area contributed by atoms with Crippen LogP contribution in [-0.4, -0.2) is 62.6 Å². The number of epoxide rings is 1. The van der Waals surface area contributed by atoms with Crippen LogP contribution in [-0.2, 0) is 25.4 Å². The molecule has 3 aromatic rings. The van der Waals surface area contributed by atoms with Crippen LogP contribution < -0.4 is 4.74 Å². The number of rotatable bonds is 16. The van der Waals surface area contributed by atoms with Gasteiger partial charge < -0.3 is 28.8 Å². The summed E-state index contributed by atoms with van der Waals surface area (Å²) in [5, 5.41) is 14.5. The lowest BCUT2D eigenvalue weighted by atomic mass is 9.98. The Balaban J connectivity index is 1.39. The monoisotopic (exact) mass is 510 g/mol. The second kappa shape index (κ2) is 13.4. The minimum atomic E-state index is -0.0691. The van der Waals surface area contributed by atoms with E-state index >= 15 is 0 Å². The van der Waals surface area contributed by atoms with E-state index in [2.05, 4.69) is 45.9 Å². The molecular formula is C31H42O6. The molecule has 4 unspecified atom stereocenters. The van der Waals surface area contributed by atoms with Crippen molar-refractivity contribution in [1.82, 2.24) is 0 Å². The highest BCUT2D eigenvalue weighted by molar-refractivity contribution is 6.10. The van der Waals surface area contributed by atoms with Crippen molar-refractivity contribution in [3.05, 3.63) is 48.0 Å². The lowest BCUT2D eigenvalue weighted by Crippen LogP contribution is -2.30. The lowest BCUT2D eigenvalue weighted by Gasteiger charge is -2.24. The maximum Gasteiger partial charge on any atom is 0.135 e. The van der Waals surface area contributed by atoms with E-state index in [1.807, 2.05) is 24.3 Å². The topological polar surface area (TPSA) is 69.7 Å². The Morgan fingerprint density at radius 3 is 2.00 bits per heavy atom. The molecule has 3 aromatic carbocycles. The molecule has 1 aliphatic heterocycles. The summed E-state index contributed by atoms with van der Waals surface area (Å²) in [6.45, 7) is 11.4. The van der Waals surface area contributed by atoms with Crippen molar-refractivity contribution in [2.45, 2.75) is 77.8 Å². The zero-order valence-electron chi connectivity index (χ0n) is 22.7. The molecule has 4 atom stereocenters. The molecule has 0 bridgehead atoms.